The molecule has 2 aromatic rings. The van der Waals surface area contributed by atoms with Crippen LogP contribution in [-0.4, -0.2) is 59.7 Å². The van der Waals surface area contributed by atoms with Gasteiger partial charge in [0.25, 0.3) is 5.91 Å². The van der Waals surface area contributed by atoms with Crippen LogP contribution in [0.15, 0.2) is 52.3 Å². The van der Waals surface area contributed by atoms with E-state index in [1.54, 1.807) is 24.8 Å². The van der Waals surface area contributed by atoms with Crippen LogP contribution in [0.3, 0.4) is 0 Å². The van der Waals surface area contributed by atoms with E-state index in [0.29, 0.717) is 45.2 Å². The molecule has 4 rings (SSSR count). The number of piperazine rings is 1. The Bertz CT molecular complexity index is 1150. The third kappa shape index (κ3) is 5.39. The number of carbonyl (C=O) groups excluding carboxylic acids is 1. The van der Waals surface area contributed by atoms with E-state index in [1.807, 2.05) is 24.1 Å². The highest BCUT2D eigenvalue weighted by Gasteiger charge is 2.33. The molecule has 0 radical (unpaired) electrons. The maximum Gasteiger partial charge on any atom is 0.265 e. The first kappa shape index (κ1) is 25.3. The number of halogens is 2. The Morgan fingerprint density at radius 1 is 1.17 bits per heavy atom. The summed E-state index contributed by atoms with van der Waals surface area (Å²) in [4.78, 5) is 28.1. The molecule has 2 atom stereocenters. The van der Waals surface area contributed by atoms with Gasteiger partial charge in [-0.15, -0.1) is 0 Å². The molecule has 1 saturated heterocycles. The van der Waals surface area contributed by atoms with E-state index in [9.17, 15) is 4.79 Å². The minimum Gasteiger partial charge on any atom is -0.368 e. The summed E-state index contributed by atoms with van der Waals surface area (Å²) in [5, 5.41) is 7.66. The average molecular weight is 516 g/mol. The van der Waals surface area contributed by atoms with Crippen molar-refractivity contribution in [2.24, 2.45) is 0 Å². The zero-order valence-corrected chi connectivity index (χ0v) is 22.2. The van der Waals surface area contributed by atoms with Gasteiger partial charge in [-0.25, -0.2) is 4.98 Å². The van der Waals surface area contributed by atoms with E-state index in [1.165, 1.54) is 11.9 Å². The summed E-state index contributed by atoms with van der Waals surface area (Å²) in [6.45, 7) is 10.1. The number of rotatable bonds is 5. The van der Waals surface area contributed by atoms with Crippen molar-refractivity contribution in [3.63, 3.8) is 0 Å². The summed E-state index contributed by atoms with van der Waals surface area (Å²) in [5.74, 6) is 0.723. The van der Waals surface area contributed by atoms with E-state index in [2.05, 4.69) is 51.5 Å². The fourth-order valence-electron chi connectivity index (χ4n) is 4.57. The molecule has 1 aromatic heterocycles. The normalized spacial score (nSPS) is 21.6. The van der Waals surface area contributed by atoms with Crippen LogP contribution >= 0.6 is 23.2 Å². The van der Waals surface area contributed by atoms with Gasteiger partial charge in [-0.1, -0.05) is 29.3 Å². The molecule has 186 valence electrons. The molecule has 1 fully saturated rings. The Hall–Kier alpha value is -2.81. The zero-order valence-electron chi connectivity index (χ0n) is 20.6. The molecule has 2 aliphatic rings. The largest absolute Gasteiger partial charge is 0.368 e. The predicted molar refractivity (Wildman–Crippen MR) is 144 cm³/mol. The van der Waals surface area contributed by atoms with Gasteiger partial charge in [0.2, 0.25) is 5.95 Å². The third-order valence-corrected chi connectivity index (χ3v) is 6.66. The molecule has 0 bridgehead atoms. The number of hydrogen-bond donors (Lipinski definition) is 2. The lowest BCUT2D eigenvalue weighted by atomic mass is 10.1. The Morgan fingerprint density at radius 3 is 2.43 bits per heavy atom. The minimum atomic E-state index is -0.247. The van der Waals surface area contributed by atoms with E-state index in [4.69, 9.17) is 23.2 Å². The predicted octanol–water partition coefficient (Wildman–Crippen LogP) is 4.87. The van der Waals surface area contributed by atoms with E-state index < -0.39 is 0 Å². The molecule has 8 nitrogen and oxygen atoms in total. The van der Waals surface area contributed by atoms with Crippen LogP contribution in [0.2, 0.25) is 0 Å². The molecule has 0 aliphatic carbocycles. The maximum absolute atomic E-state index is 13.2. The van der Waals surface area contributed by atoms with Crippen molar-refractivity contribution < 1.29 is 4.79 Å². The molecule has 1 aromatic carbocycles. The van der Waals surface area contributed by atoms with Gasteiger partial charge in [-0.2, -0.15) is 4.98 Å². The topological polar surface area (TPSA) is 76.6 Å². The SMILES string of the molecule is C/C=C(Cl)\C(=C(/C)Cl)N1CN(C)c2nc(Nc3ccc(N4C[C@@H](C)N[C@@H](C)C4)cc3)ncc2C1=O. The van der Waals surface area contributed by atoms with Crippen LogP contribution in [0.1, 0.15) is 38.1 Å². The Morgan fingerprint density at radius 2 is 1.83 bits per heavy atom. The van der Waals surface area contributed by atoms with Gasteiger partial charge < -0.3 is 20.4 Å². The quantitative estimate of drug-likeness (QED) is 0.550. The molecular formula is C25H31Cl2N7O. The van der Waals surface area contributed by atoms with Gasteiger partial charge in [0.15, 0.2) is 0 Å². The fraction of sp³-hybridized carbons (Fsp3) is 0.400. The van der Waals surface area contributed by atoms with Gasteiger partial charge in [0.05, 0.1) is 17.4 Å². The lowest BCUT2D eigenvalue weighted by molar-refractivity contribution is 0.0798. The molecule has 1 amide bonds. The molecule has 0 spiro atoms. The second kappa shape index (κ2) is 10.4. The molecule has 0 saturated carbocycles. The Kier molecular flexibility index (Phi) is 7.54. The van der Waals surface area contributed by atoms with Crippen LogP contribution in [0.4, 0.5) is 23.1 Å². The van der Waals surface area contributed by atoms with Gasteiger partial charge in [-0.05, 0) is 52.0 Å². The smallest absolute Gasteiger partial charge is 0.265 e. The van der Waals surface area contributed by atoms with Crippen LogP contribution in [0.25, 0.3) is 0 Å². The molecule has 0 unspecified atom stereocenters. The summed E-state index contributed by atoms with van der Waals surface area (Å²) in [6.07, 6.45) is 3.25. The summed E-state index contributed by atoms with van der Waals surface area (Å²) < 4.78 is 0. The second-order valence-corrected chi connectivity index (χ2v) is 10.0. The highest BCUT2D eigenvalue weighted by atomic mass is 35.5. The highest BCUT2D eigenvalue weighted by Crippen LogP contribution is 2.33. The van der Waals surface area contributed by atoms with Crippen LogP contribution < -0.4 is 20.4 Å². The number of fused-ring (bicyclic) bond motifs is 1. The number of carbonyl (C=O) groups is 1. The van der Waals surface area contributed by atoms with Crippen LogP contribution in [0.5, 0.6) is 0 Å². The van der Waals surface area contributed by atoms with Gasteiger partial charge in [0, 0.05) is 54.8 Å². The molecule has 10 heteroatoms. The first-order valence-corrected chi connectivity index (χ1v) is 12.4. The van der Waals surface area contributed by atoms with Crippen molar-refractivity contribution >= 4 is 52.3 Å². The first-order chi connectivity index (χ1) is 16.7. The van der Waals surface area contributed by atoms with Crippen molar-refractivity contribution in [3.8, 4) is 0 Å². The van der Waals surface area contributed by atoms with Crippen molar-refractivity contribution in [2.45, 2.75) is 39.8 Å². The van der Waals surface area contributed by atoms with Crippen molar-refractivity contribution in [3.05, 3.63) is 57.9 Å². The Balaban J connectivity index is 1.52. The number of allylic oxidation sites excluding steroid dienone is 3. The molecule has 35 heavy (non-hydrogen) atoms. The molecule has 2 aliphatic heterocycles. The van der Waals surface area contributed by atoms with Gasteiger partial charge >= 0.3 is 0 Å². The Labute approximate surface area is 216 Å². The fourth-order valence-corrected chi connectivity index (χ4v) is 5.07. The number of hydrogen-bond acceptors (Lipinski definition) is 7. The molecular weight excluding hydrogens is 485 g/mol. The number of benzene rings is 1. The van der Waals surface area contributed by atoms with E-state index >= 15 is 0 Å². The van der Waals surface area contributed by atoms with Crippen LogP contribution in [-0.2, 0) is 0 Å². The summed E-state index contributed by atoms with van der Waals surface area (Å²) in [7, 11) is 1.87. The van der Waals surface area contributed by atoms with Crippen molar-refractivity contribution in [2.75, 3.05) is 41.9 Å². The lowest BCUT2D eigenvalue weighted by Crippen LogP contribution is -2.54. The van der Waals surface area contributed by atoms with Gasteiger partial charge in [0.1, 0.15) is 11.4 Å². The number of amides is 1. The summed E-state index contributed by atoms with van der Waals surface area (Å²) in [6, 6.07) is 9.14. The summed E-state index contributed by atoms with van der Waals surface area (Å²) >= 11 is 12.6. The van der Waals surface area contributed by atoms with Gasteiger partial charge in [-0.3, -0.25) is 9.69 Å². The number of anilines is 4. The number of nitrogens with zero attached hydrogens (tertiary/aromatic N) is 5. The number of aromatic nitrogens is 2. The number of nitrogens with one attached hydrogen (secondary N) is 2. The maximum atomic E-state index is 13.2. The molecule has 3 heterocycles. The monoisotopic (exact) mass is 515 g/mol. The lowest BCUT2D eigenvalue weighted by Gasteiger charge is -2.37. The molecule has 2 N–H and O–H groups in total. The second-order valence-electron chi connectivity index (χ2n) is 9.07. The zero-order chi connectivity index (χ0) is 25.3. The first-order valence-electron chi connectivity index (χ1n) is 11.6. The van der Waals surface area contributed by atoms with E-state index in [-0.39, 0.29) is 12.6 Å². The van der Waals surface area contributed by atoms with Crippen LogP contribution in [0, 0.1) is 0 Å². The average Bonchev–Trinajstić information content (AvgIpc) is 2.82. The summed E-state index contributed by atoms with van der Waals surface area (Å²) in [5.41, 5.74) is 2.93. The van der Waals surface area contributed by atoms with Crippen molar-refractivity contribution in [1.29, 1.82) is 0 Å². The van der Waals surface area contributed by atoms with Crippen molar-refractivity contribution in [1.82, 2.24) is 20.2 Å². The standard InChI is InChI=1S/C25H31Cl2N7O/c1-6-21(27)22(17(4)26)34-14-32(5)23-20(24(34)35)11-28-25(31-23)30-18-7-9-19(10-8-18)33-12-15(2)29-16(3)13-33/h6-11,15-16,29H,12-14H2,1-5H3,(H,28,30,31)/b21-6+,22-17-/t15-,16+. The minimum absolute atomic E-state index is 0.247. The third-order valence-electron chi connectivity index (χ3n) is 6.08. The highest BCUT2D eigenvalue weighted by molar-refractivity contribution is 6.35. The van der Waals surface area contributed by atoms with E-state index in [0.717, 1.165) is 18.8 Å².